The second-order valence-electron chi connectivity index (χ2n) is 8.79. The molecule has 0 saturated carbocycles. The molecule has 3 aromatic rings. The first kappa shape index (κ1) is 22.8. The molecule has 0 spiro atoms. The monoisotopic (exact) mass is 467 g/mol. The van der Waals surface area contributed by atoms with E-state index in [-0.39, 0.29) is 10.6 Å². The Hall–Kier alpha value is -4.00. The van der Waals surface area contributed by atoms with E-state index in [1.807, 2.05) is 24.3 Å². The number of aromatic amines is 2. The van der Waals surface area contributed by atoms with Gasteiger partial charge >= 0.3 is 5.69 Å². The summed E-state index contributed by atoms with van der Waals surface area (Å²) in [7, 11) is 0. The number of rotatable bonds is 5. The van der Waals surface area contributed by atoms with E-state index in [0.717, 1.165) is 59.5 Å². The largest absolute Gasteiger partial charge is 0.350 e. The van der Waals surface area contributed by atoms with Crippen molar-refractivity contribution >= 4 is 50.0 Å². The fourth-order valence-electron chi connectivity index (χ4n) is 5.24. The quantitative estimate of drug-likeness (QED) is 0.297. The van der Waals surface area contributed by atoms with Gasteiger partial charge in [0.15, 0.2) is 0 Å². The van der Waals surface area contributed by atoms with Crippen LogP contribution in [0, 0.1) is 10.1 Å². The average molecular weight is 468 g/mol. The summed E-state index contributed by atoms with van der Waals surface area (Å²) in [6, 6.07) is 13.3. The normalized spacial score (nSPS) is 13.6. The Kier molecular flexibility index (Phi) is 5.84. The minimum Gasteiger partial charge on any atom is -0.350 e. The Balaban J connectivity index is 1.96. The van der Waals surface area contributed by atoms with Gasteiger partial charge in [0.05, 0.1) is 27.7 Å². The highest BCUT2D eigenvalue weighted by Crippen LogP contribution is 2.38. The number of hydrogen-bond acceptors (Lipinski definition) is 4. The van der Waals surface area contributed by atoms with E-state index >= 15 is 0 Å². The minimum atomic E-state index is -0.347. The Morgan fingerprint density at radius 2 is 1.03 bits per heavy atom. The second-order valence-corrected chi connectivity index (χ2v) is 8.79. The number of aromatic nitrogens is 4. The number of nitro groups is 1. The van der Waals surface area contributed by atoms with Crippen LogP contribution in [0.2, 0.25) is 0 Å². The molecule has 0 amide bonds. The molecule has 0 fully saturated rings. The Labute approximate surface area is 203 Å². The Bertz CT molecular complexity index is 1460. The van der Waals surface area contributed by atoms with Crippen LogP contribution < -0.4 is 0 Å². The molecule has 5 heterocycles. The van der Waals surface area contributed by atoms with E-state index in [1.54, 1.807) is 12.1 Å². The predicted octanol–water partition coefficient (Wildman–Crippen LogP) is 7.68. The fourth-order valence-corrected chi connectivity index (χ4v) is 5.24. The van der Waals surface area contributed by atoms with Gasteiger partial charge in [-0.05, 0) is 90.4 Å². The van der Waals surface area contributed by atoms with E-state index in [4.69, 9.17) is 9.97 Å². The van der Waals surface area contributed by atoms with Crippen LogP contribution >= 0.6 is 0 Å². The zero-order valence-electron chi connectivity index (χ0n) is 20.5. The molecule has 7 nitrogen and oxygen atoms in total. The van der Waals surface area contributed by atoms with Crippen LogP contribution in [-0.2, 0) is 0 Å². The summed E-state index contributed by atoms with van der Waals surface area (Å²) in [5, 5.41) is 12.1. The zero-order valence-corrected chi connectivity index (χ0v) is 20.5. The molecule has 2 aliphatic heterocycles. The first-order valence-electron chi connectivity index (χ1n) is 12.3. The highest BCUT2D eigenvalue weighted by atomic mass is 16.6. The van der Waals surface area contributed by atoms with Crippen LogP contribution in [0.4, 0.5) is 5.69 Å². The van der Waals surface area contributed by atoms with Gasteiger partial charge in [0, 0.05) is 11.0 Å². The van der Waals surface area contributed by atoms with Crippen molar-refractivity contribution < 1.29 is 4.92 Å². The van der Waals surface area contributed by atoms with Crippen LogP contribution in [0.1, 0.15) is 76.2 Å². The number of fused-ring (bicyclic) bond motifs is 8. The van der Waals surface area contributed by atoms with Gasteiger partial charge in [-0.2, -0.15) is 0 Å². The van der Waals surface area contributed by atoms with Crippen molar-refractivity contribution in [2.24, 2.45) is 0 Å². The molecular weight excluding hydrogens is 438 g/mol. The molecule has 0 radical (unpaired) electrons. The maximum absolute atomic E-state index is 12.1. The minimum absolute atomic E-state index is 0.00645. The molecule has 0 atom stereocenters. The van der Waals surface area contributed by atoms with Gasteiger partial charge in [-0.25, -0.2) is 9.97 Å². The van der Waals surface area contributed by atoms with Crippen molar-refractivity contribution in [1.29, 1.82) is 0 Å². The standard InChI is InChI=1S/C28H29N5O2/c1-5-18-20(7-3)26-15-27-21(8-4)19(6-2)25(32-27)14-17-10-12-23(30-17)28(33(34)35)22-11-9-16(29-22)13-24(18)31-26/h9-15,29-30H,5-8H2,1-4H3. The summed E-state index contributed by atoms with van der Waals surface area (Å²) in [5.74, 6) is 0. The summed E-state index contributed by atoms with van der Waals surface area (Å²) in [4.78, 5) is 28.2. The number of nitrogens with one attached hydrogen (secondary N) is 2. The third-order valence-electron chi connectivity index (χ3n) is 6.83. The van der Waals surface area contributed by atoms with Crippen LogP contribution in [0.5, 0.6) is 0 Å². The van der Waals surface area contributed by atoms with Crippen LogP contribution in [0.25, 0.3) is 44.4 Å². The van der Waals surface area contributed by atoms with Crippen LogP contribution in [0.15, 0.2) is 42.5 Å². The van der Waals surface area contributed by atoms with Gasteiger partial charge < -0.3 is 9.97 Å². The molecule has 8 bridgehead atoms. The number of hydrogen-bond donors (Lipinski definition) is 2. The summed E-state index contributed by atoms with van der Waals surface area (Å²) in [5.41, 5.74) is 11.0. The van der Waals surface area contributed by atoms with Crippen molar-refractivity contribution in [3.63, 3.8) is 0 Å². The Morgan fingerprint density at radius 3 is 1.37 bits per heavy atom. The van der Waals surface area contributed by atoms with Crippen molar-refractivity contribution in [3.8, 4) is 0 Å². The highest BCUT2D eigenvalue weighted by molar-refractivity contribution is 5.96. The highest BCUT2D eigenvalue weighted by Gasteiger charge is 2.22. The van der Waals surface area contributed by atoms with E-state index in [9.17, 15) is 10.1 Å². The van der Waals surface area contributed by atoms with E-state index in [2.05, 4.69) is 43.7 Å². The van der Waals surface area contributed by atoms with Gasteiger partial charge in [-0.3, -0.25) is 10.1 Å². The number of allylic oxidation sites excluding steroid dienone is 4. The van der Waals surface area contributed by atoms with Gasteiger partial charge in [0.25, 0.3) is 0 Å². The lowest BCUT2D eigenvalue weighted by Gasteiger charge is -2.04. The maximum Gasteiger partial charge on any atom is 0.315 e. The van der Waals surface area contributed by atoms with Gasteiger partial charge in [-0.15, -0.1) is 0 Å². The molecule has 2 N–H and O–H groups in total. The fraction of sp³-hybridized carbons (Fsp3) is 0.286. The first-order valence-corrected chi connectivity index (χ1v) is 12.3. The van der Waals surface area contributed by atoms with Crippen LogP contribution in [-0.4, -0.2) is 24.9 Å². The first-order chi connectivity index (χ1) is 17.0. The van der Waals surface area contributed by atoms with Gasteiger partial charge in [0.2, 0.25) is 0 Å². The van der Waals surface area contributed by atoms with E-state index < -0.39 is 0 Å². The van der Waals surface area contributed by atoms with Crippen molar-refractivity contribution in [1.82, 2.24) is 19.9 Å². The summed E-state index contributed by atoms with van der Waals surface area (Å²) in [6.45, 7) is 8.59. The lowest BCUT2D eigenvalue weighted by atomic mass is 9.98. The van der Waals surface area contributed by atoms with E-state index in [1.165, 1.54) is 22.3 Å². The molecular formula is C28H29N5O2. The molecule has 0 aromatic carbocycles. The molecule has 3 aromatic heterocycles. The van der Waals surface area contributed by atoms with E-state index in [0.29, 0.717) is 11.0 Å². The second kappa shape index (κ2) is 8.98. The molecule has 0 saturated heterocycles. The third kappa shape index (κ3) is 3.87. The van der Waals surface area contributed by atoms with Gasteiger partial charge in [-0.1, -0.05) is 27.7 Å². The third-order valence-corrected chi connectivity index (χ3v) is 6.83. The van der Waals surface area contributed by atoms with Crippen LogP contribution in [0.3, 0.4) is 0 Å². The molecule has 7 heteroatoms. The number of H-pyrrole nitrogens is 2. The molecule has 35 heavy (non-hydrogen) atoms. The van der Waals surface area contributed by atoms with Gasteiger partial charge in [0.1, 0.15) is 11.0 Å². The zero-order chi connectivity index (χ0) is 24.7. The summed E-state index contributed by atoms with van der Waals surface area (Å²) >= 11 is 0. The topological polar surface area (TPSA) is 100 Å². The summed E-state index contributed by atoms with van der Waals surface area (Å²) < 4.78 is 0. The maximum atomic E-state index is 12.1. The Morgan fingerprint density at radius 1 is 0.657 bits per heavy atom. The number of nitrogens with zero attached hydrogens (tertiary/aromatic N) is 3. The molecule has 2 aliphatic rings. The molecule has 0 unspecified atom stereocenters. The lowest BCUT2D eigenvalue weighted by Crippen LogP contribution is -1.89. The van der Waals surface area contributed by atoms with Crippen molar-refractivity contribution in [2.45, 2.75) is 53.4 Å². The molecule has 178 valence electrons. The predicted molar refractivity (Wildman–Crippen MR) is 142 cm³/mol. The average Bonchev–Trinajstić information content (AvgIpc) is 3.60. The summed E-state index contributed by atoms with van der Waals surface area (Å²) in [6.07, 6.45) is 3.46. The SMILES string of the molecule is CCC1=C(CC)c2cc3ccc([nH]3)c([N+](=O)[O-])c3ccc(cc4nc(cc1n2)C(CC)=C4CC)[nH]3. The van der Waals surface area contributed by atoms with Crippen molar-refractivity contribution in [2.75, 3.05) is 0 Å². The lowest BCUT2D eigenvalue weighted by molar-refractivity contribution is -0.381. The van der Waals surface area contributed by atoms with Crippen molar-refractivity contribution in [3.05, 3.63) is 75.4 Å². The smallest absolute Gasteiger partial charge is 0.315 e. The molecule has 5 rings (SSSR count). The molecule has 0 aliphatic carbocycles.